The molecule has 0 aliphatic rings. The molecular weight excluding hydrogens is 168 g/mol. The van der Waals surface area contributed by atoms with Gasteiger partial charge in [0.1, 0.15) is 12.2 Å². The molecule has 0 rings (SSSR count). The molecule has 0 aromatic carbocycles. The summed E-state index contributed by atoms with van der Waals surface area (Å²) in [5, 5.41) is 0. The summed E-state index contributed by atoms with van der Waals surface area (Å²) in [5.41, 5.74) is 0. The van der Waals surface area contributed by atoms with E-state index < -0.39 is 5.97 Å². The van der Waals surface area contributed by atoms with Gasteiger partial charge in [0.05, 0.1) is 6.61 Å². The van der Waals surface area contributed by atoms with Gasteiger partial charge in [-0.05, 0) is 19.8 Å². The molecule has 0 atom stereocenters. The van der Waals surface area contributed by atoms with E-state index in [0.717, 1.165) is 12.8 Å². The Kier molecular flexibility index (Phi) is 6.88. The first-order chi connectivity index (χ1) is 6.16. The summed E-state index contributed by atoms with van der Waals surface area (Å²) < 4.78 is 4.79. The number of hydrogen-bond acceptors (Lipinski definition) is 3. The highest BCUT2D eigenvalue weighted by Gasteiger charge is 2.04. The maximum Gasteiger partial charge on any atom is 0.313 e. The molecule has 0 saturated heterocycles. The summed E-state index contributed by atoms with van der Waals surface area (Å²) in [5.74, 6) is -0.591. The van der Waals surface area contributed by atoms with Gasteiger partial charge >= 0.3 is 5.97 Å². The molecule has 0 amide bonds. The van der Waals surface area contributed by atoms with Crippen LogP contribution in [-0.4, -0.2) is 18.4 Å². The van der Waals surface area contributed by atoms with Crippen LogP contribution in [0.25, 0.3) is 0 Å². The van der Waals surface area contributed by atoms with Crippen LogP contribution in [0.4, 0.5) is 0 Å². The van der Waals surface area contributed by atoms with E-state index in [1.807, 2.05) is 19.1 Å². The first-order valence-electron chi connectivity index (χ1n) is 4.47. The number of Topliss-reactive ketones (excluding diaryl/α,β-unsaturated/α-hetero) is 1. The SMILES string of the molecule is CC/C=C\CCOC(=O)CC(C)=O. The molecule has 0 N–H and O–H groups in total. The van der Waals surface area contributed by atoms with Crippen molar-refractivity contribution in [2.24, 2.45) is 0 Å². The van der Waals surface area contributed by atoms with E-state index in [4.69, 9.17) is 4.74 Å². The van der Waals surface area contributed by atoms with Crippen LogP contribution < -0.4 is 0 Å². The van der Waals surface area contributed by atoms with E-state index in [9.17, 15) is 9.59 Å². The Morgan fingerprint density at radius 3 is 2.54 bits per heavy atom. The van der Waals surface area contributed by atoms with Crippen LogP contribution in [0.1, 0.15) is 33.1 Å². The van der Waals surface area contributed by atoms with Gasteiger partial charge in [-0.15, -0.1) is 0 Å². The summed E-state index contributed by atoms with van der Waals surface area (Å²) in [6.07, 6.45) is 5.57. The number of rotatable bonds is 6. The van der Waals surface area contributed by atoms with Gasteiger partial charge in [0, 0.05) is 0 Å². The molecule has 0 radical (unpaired) electrons. The Morgan fingerprint density at radius 2 is 2.00 bits per heavy atom. The van der Waals surface area contributed by atoms with Crippen molar-refractivity contribution in [2.45, 2.75) is 33.1 Å². The van der Waals surface area contributed by atoms with Crippen molar-refractivity contribution in [3.8, 4) is 0 Å². The van der Waals surface area contributed by atoms with Crippen molar-refractivity contribution < 1.29 is 14.3 Å². The predicted octanol–water partition coefficient (Wildman–Crippen LogP) is 1.86. The smallest absolute Gasteiger partial charge is 0.313 e. The Bertz CT molecular complexity index is 194. The van der Waals surface area contributed by atoms with E-state index in [0.29, 0.717) is 6.61 Å². The minimum Gasteiger partial charge on any atom is -0.465 e. The Labute approximate surface area is 78.8 Å². The van der Waals surface area contributed by atoms with Gasteiger partial charge in [0.25, 0.3) is 0 Å². The van der Waals surface area contributed by atoms with Crippen molar-refractivity contribution >= 4 is 11.8 Å². The largest absolute Gasteiger partial charge is 0.465 e. The lowest BCUT2D eigenvalue weighted by Gasteiger charge is -1.99. The summed E-state index contributed by atoms with van der Waals surface area (Å²) in [6.45, 7) is 3.78. The predicted molar refractivity (Wildman–Crippen MR) is 50.3 cm³/mol. The summed E-state index contributed by atoms with van der Waals surface area (Å²) in [4.78, 5) is 21.3. The van der Waals surface area contributed by atoms with Crippen LogP contribution in [0, 0.1) is 0 Å². The minimum atomic E-state index is -0.433. The fraction of sp³-hybridized carbons (Fsp3) is 0.600. The second-order valence-corrected chi connectivity index (χ2v) is 2.77. The second kappa shape index (κ2) is 7.53. The van der Waals surface area contributed by atoms with Gasteiger partial charge in [0.2, 0.25) is 0 Å². The lowest BCUT2D eigenvalue weighted by atomic mass is 10.3. The van der Waals surface area contributed by atoms with Crippen LogP contribution in [0.15, 0.2) is 12.2 Å². The third kappa shape index (κ3) is 8.79. The van der Waals surface area contributed by atoms with Crippen LogP contribution in [-0.2, 0) is 14.3 Å². The van der Waals surface area contributed by atoms with Crippen LogP contribution in [0.5, 0.6) is 0 Å². The molecule has 3 nitrogen and oxygen atoms in total. The van der Waals surface area contributed by atoms with Gasteiger partial charge in [-0.1, -0.05) is 19.1 Å². The molecule has 74 valence electrons. The lowest BCUT2D eigenvalue weighted by Crippen LogP contribution is -2.09. The van der Waals surface area contributed by atoms with Crippen molar-refractivity contribution in [3.63, 3.8) is 0 Å². The molecule has 0 heterocycles. The quantitative estimate of drug-likeness (QED) is 0.274. The van der Waals surface area contributed by atoms with Crippen molar-refractivity contribution in [1.82, 2.24) is 0 Å². The third-order valence-electron chi connectivity index (χ3n) is 1.34. The highest BCUT2D eigenvalue weighted by atomic mass is 16.5. The number of hydrogen-bond donors (Lipinski definition) is 0. The van der Waals surface area contributed by atoms with Crippen molar-refractivity contribution in [3.05, 3.63) is 12.2 Å². The Hall–Kier alpha value is -1.12. The number of esters is 1. The zero-order valence-electron chi connectivity index (χ0n) is 8.21. The number of allylic oxidation sites excluding steroid dienone is 1. The summed E-state index contributed by atoms with van der Waals surface area (Å²) in [6, 6.07) is 0. The normalized spacial score (nSPS) is 10.3. The van der Waals surface area contributed by atoms with Crippen LogP contribution >= 0.6 is 0 Å². The number of ether oxygens (including phenoxy) is 1. The van der Waals surface area contributed by atoms with E-state index in [1.165, 1.54) is 6.92 Å². The molecule has 0 aliphatic heterocycles. The highest BCUT2D eigenvalue weighted by Crippen LogP contribution is 1.92. The molecule has 0 unspecified atom stereocenters. The standard InChI is InChI=1S/C10H16O3/c1-3-4-5-6-7-13-10(12)8-9(2)11/h4-5H,3,6-8H2,1-2H3/b5-4-. The molecule has 0 aromatic rings. The molecule has 0 saturated carbocycles. The molecule has 0 aliphatic carbocycles. The maximum absolute atomic E-state index is 10.8. The molecule has 13 heavy (non-hydrogen) atoms. The average molecular weight is 184 g/mol. The third-order valence-corrected chi connectivity index (χ3v) is 1.34. The molecule has 0 fully saturated rings. The fourth-order valence-corrected chi connectivity index (χ4v) is 0.780. The van der Waals surface area contributed by atoms with E-state index in [1.54, 1.807) is 0 Å². The van der Waals surface area contributed by atoms with Gasteiger partial charge in [-0.2, -0.15) is 0 Å². The highest BCUT2D eigenvalue weighted by molar-refractivity contribution is 5.94. The van der Waals surface area contributed by atoms with Gasteiger partial charge < -0.3 is 4.74 Å². The topological polar surface area (TPSA) is 43.4 Å². The zero-order valence-corrected chi connectivity index (χ0v) is 8.21. The zero-order chi connectivity index (χ0) is 10.1. The van der Waals surface area contributed by atoms with Crippen molar-refractivity contribution in [1.29, 1.82) is 0 Å². The van der Waals surface area contributed by atoms with E-state index >= 15 is 0 Å². The number of carbonyl (C=O) groups excluding carboxylic acids is 2. The van der Waals surface area contributed by atoms with Crippen LogP contribution in [0.3, 0.4) is 0 Å². The number of ketones is 1. The van der Waals surface area contributed by atoms with E-state index in [2.05, 4.69) is 0 Å². The summed E-state index contributed by atoms with van der Waals surface area (Å²) >= 11 is 0. The molecular formula is C10H16O3. The molecule has 0 bridgehead atoms. The van der Waals surface area contributed by atoms with Gasteiger partial charge in [-0.3, -0.25) is 9.59 Å². The van der Waals surface area contributed by atoms with Crippen LogP contribution in [0.2, 0.25) is 0 Å². The Morgan fingerprint density at radius 1 is 1.31 bits per heavy atom. The molecule has 3 heteroatoms. The Balaban J connectivity index is 3.37. The minimum absolute atomic E-state index is 0.114. The summed E-state index contributed by atoms with van der Waals surface area (Å²) in [7, 11) is 0. The lowest BCUT2D eigenvalue weighted by molar-refractivity contribution is -0.145. The second-order valence-electron chi connectivity index (χ2n) is 2.77. The first-order valence-corrected chi connectivity index (χ1v) is 4.47. The van der Waals surface area contributed by atoms with Gasteiger partial charge in [0.15, 0.2) is 0 Å². The van der Waals surface area contributed by atoms with Crippen molar-refractivity contribution in [2.75, 3.05) is 6.61 Å². The van der Waals surface area contributed by atoms with Gasteiger partial charge in [-0.25, -0.2) is 0 Å². The monoisotopic (exact) mass is 184 g/mol. The average Bonchev–Trinajstić information content (AvgIpc) is 2.02. The van der Waals surface area contributed by atoms with E-state index in [-0.39, 0.29) is 12.2 Å². The maximum atomic E-state index is 10.8. The molecule has 0 spiro atoms. The fourth-order valence-electron chi connectivity index (χ4n) is 0.780. The first kappa shape index (κ1) is 11.9. The molecule has 0 aromatic heterocycles. The number of carbonyl (C=O) groups is 2.